The molecule has 7 heteroatoms. The van der Waals surface area contributed by atoms with E-state index in [-0.39, 0.29) is 17.9 Å². The summed E-state index contributed by atoms with van der Waals surface area (Å²) >= 11 is 6.33. The monoisotopic (exact) mass is 550 g/mol. The molecule has 0 spiro atoms. The molecule has 1 unspecified atom stereocenters. The standard InChI is InChI=1S/C32H43ClN4O2/c1-3-28(37-15-9-10-29(37)38)32(39)35-14-8-6-4-5-7-13-34-31-25-12-11-24(33)20-26(25)36-27-19-22-16-21(2)17-23(18-22)30(27)31/h11-12,16,20,22-23,28H,3-10,13-15,17-19H2,1-2H3,(H,34,36)(H,35,39)/t22-,23+,28?/m0/s1. The first kappa shape index (κ1) is 27.9. The number of hydrogen-bond donors (Lipinski definition) is 2. The molecule has 1 saturated heterocycles. The zero-order chi connectivity index (χ0) is 27.4. The van der Waals surface area contributed by atoms with Gasteiger partial charge in [0.15, 0.2) is 0 Å². The largest absolute Gasteiger partial charge is 0.384 e. The summed E-state index contributed by atoms with van der Waals surface area (Å²) in [5.74, 6) is 1.27. The molecule has 3 atom stereocenters. The van der Waals surface area contributed by atoms with E-state index in [4.69, 9.17) is 16.6 Å². The van der Waals surface area contributed by atoms with Crippen molar-refractivity contribution in [2.75, 3.05) is 25.0 Å². The van der Waals surface area contributed by atoms with E-state index in [0.717, 1.165) is 68.5 Å². The van der Waals surface area contributed by atoms with Crippen LogP contribution in [0.5, 0.6) is 0 Å². The van der Waals surface area contributed by atoms with Gasteiger partial charge in [0, 0.05) is 53.4 Å². The number of nitrogens with one attached hydrogen (secondary N) is 2. The summed E-state index contributed by atoms with van der Waals surface area (Å²) in [6.45, 7) is 6.59. The summed E-state index contributed by atoms with van der Waals surface area (Å²) in [6.07, 6.45) is 13.4. The Hall–Kier alpha value is -2.60. The summed E-state index contributed by atoms with van der Waals surface area (Å²) in [7, 11) is 0. The molecule has 2 bridgehead atoms. The molecule has 210 valence electrons. The third-order valence-corrected chi connectivity index (χ3v) is 8.97. The lowest BCUT2D eigenvalue weighted by molar-refractivity contribution is -0.137. The number of allylic oxidation sites excluding steroid dienone is 2. The van der Waals surface area contributed by atoms with Crippen LogP contribution in [0.3, 0.4) is 0 Å². The van der Waals surface area contributed by atoms with E-state index >= 15 is 0 Å². The molecule has 2 aliphatic carbocycles. The van der Waals surface area contributed by atoms with E-state index in [9.17, 15) is 9.59 Å². The number of fused-ring (bicyclic) bond motifs is 5. The minimum absolute atomic E-state index is 0.00104. The van der Waals surface area contributed by atoms with Crippen molar-refractivity contribution in [1.29, 1.82) is 0 Å². The van der Waals surface area contributed by atoms with Crippen LogP contribution in [0, 0.1) is 5.92 Å². The predicted octanol–water partition coefficient (Wildman–Crippen LogP) is 6.76. The number of amides is 2. The van der Waals surface area contributed by atoms with Gasteiger partial charge in [-0.05, 0) is 81.9 Å². The third-order valence-electron chi connectivity index (χ3n) is 8.73. The number of halogens is 1. The first-order valence-electron chi connectivity index (χ1n) is 15.0. The summed E-state index contributed by atoms with van der Waals surface area (Å²) in [5.41, 5.74) is 6.46. The van der Waals surface area contributed by atoms with Crippen LogP contribution in [-0.4, -0.2) is 47.4 Å². The quantitative estimate of drug-likeness (QED) is 0.226. The molecular weight excluding hydrogens is 508 g/mol. The van der Waals surface area contributed by atoms with Crippen LogP contribution in [0.25, 0.3) is 10.9 Å². The van der Waals surface area contributed by atoms with Crippen molar-refractivity contribution in [3.63, 3.8) is 0 Å². The lowest BCUT2D eigenvalue weighted by atomic mass is 9.71. The lowest BCUT2D eigenvalue weighted by Gasteiger charge is -2.36. The molecule has 2 heterocycles. The van der Waals surface area contributed by atoms with Gasteiger partial charge in [-0.15, -0.1) is 0 Å². The molecule has 0 radical (unpaired) electrons. The molecule has 0 saturated carbocycles. The van der Waals surface area contributed by atoms with Gasteiger partial charge in [0.25, 0.3) is 0 Å². The first-order chi connectivity index (χ1) is 18.9. The van der Waals surface area contributed by atoms with Crippen LogP contribution in [0.15, 0.2) is 29.8 Å². The second kappa shape index (κ2) is 12.7. The molecule has 2 aromatic rings. The summed E-state index contributed by atoms with van der Waals surface area (Å²) in [6, 6.07) is 5.79. The van der Waals surface area contributed by atoms with Gasteiger partial charge in [0.1, 0.15) is 6.04 Å². The van der Waals surface area contributed by atoms with Gasteiger partial charge in [0.05, 0.1) is 5.52 Å². The van der Waals surface area contributed by atoms with Crippen LogP contribution in [-0.2, 0) is 16.0 Å². The number of aromatic nitrogens is 1. The predicted molar refractivity (Wildman–Crippen MR) is 159 cm³/mol. The Bertz CT molecular complexity index is 1240. The van der Waals surface area contributed by atoms with Gasteiger partial charge < -0.3 is 15.5 Å². The number of carbonyl (C=O) groups is 2. The Balaban J connectivity index is 1.09. The lowest BCUT2D eigenvalue weighted by Crippen LogP contribution is -2.47. The Morgan fingerprint density at radius 2 is 1.95 bits per heavy atom. The smallest absolute Gasteiger partial charge is 0.242 e. The summed E-state index contributed by atoms with van der Waals surface area (Å²) in [4.78, 5) is 31.4. The van der Waals surface area contributed by atoms with Crippen molar-refractivity contribution in [1.82, 2.24) is 15.2 Å². The van der Waals surface area contributed by atoms with Crippen molar-refractivity contribution in [2.45, 2.75) is 96.4 Å². The topological polar surface area (TPSA) is 74.3 Å². The fourth-order valence-corrected chi connectivity index (χ4v) is 7.11. The highest BCUT2D eigenvalue weighted by molar-refractivity contribution is 6.31. The molecule has 6 nitrogen and oxygen atoms in total. The van der Waals surface area contributed by atoms with Gasteiger partial charge in [-0.25, -0.2) is 0 Å². The second-order valence-electron chi connectivity index (χ2n) is 11.7. The number of unbranched alkanes of at least 4 members (excludes halogenated alkanes) is 4. The molecule has 1 aromatic carbocycles. The van der Waals surface area contributed by atoms with Crippen LogP contribution in [0.1, 0.15) is 95.2 Å². The van der Waals surface area contributed by atoms with E-state index in [0.29, 0.717) is 37.8 Å². The van der Waals surface area contributed by atoms with E-state index < -0.39 is 0 Å². The zero-order valence-electron chi connectivity index (χ0n) is 23.5. The molecule has 1 aliphatic heterocycles. The molecule has 3 aliphatic rings. The highest BCUT2D eigenvalue weighted by Crippen LogP contribution is 2.47. The molecule has 2 N–H and O–H groups in total. The Morgan fingerprint density at radius 1 is 1.15 bits per heavy atom. The molecular formula is C32H43ClN4O2. The van der Waals surface area contributed by atoms with Gasteiger partial charge >= 0.3 is 0 Å². The minimum Gasteiger partial charge on any atom is -0.384 e. The number of anilines is 1. The second-order valence-corrected chi connectivity index (χ2v) is 12.2. The highest BCUT2D eigenvalue weighted by atomic mass is 35.5. The maximum atomic E-state index is 12.6. The Kier molecular flexibility index (Phi) is 9.11. The van der Waals surface area contributed by atoms with Gasteiger partial charge in [-0.1, -0.05) is 49.4 Å². The highest BCUT2D eigenvalue weighted by Gasteiger charge is 2.34. The number of rotatable bonds is 12. The summed E-state index contributed by atoms with van der Waals surface area (Å²) < 4.78 is 0. The van der Waals surface area contributed by atoms with Gasteiger partial charge in [0.2, 0.25) is 11.8 Å². The van der Waals surface area contributed by atoms with Crippen LogP contribution < -0.4 is 10.6 Å². The number of benzene rings is 1. The van der Waals surface area contributed by atoms with Gasteiger partial charge in [-0.2, -0.15) is 0 Å². The van der Waals surface area contributed by atoms with Crippen molar-refractivity contribution in [3.05, 3.63) is 46.1 Å². The molecule has 1 fully saturated rings. The number of nitrogens with zero attached hydrogens (tertiary/aromatic N) is 2. The van der Waals surface area contributed by atoms with E-state index in [1.54, 1.807) is 4.90 Å². The maximum Gasteiger partial charge on any atom is 0.242 e. The molecule has 39 heavy (non-hydrogen) atoms. The van der Waals surface area contributed by atoms with Crippen LogP contribution in [0.4, 0.5) is 5.69 Å². The van der Waals surface area contributed by atoms with Crippen molar-refractivity contribution >= 4 is 40.0 Å². The first-order valence-corrected chi connectivity index (χ1v) is 15.4. The third kappa shape index (κ3) is 6.42. The van der Waals surface area contributed by atoms with Crippen molar-refractivity contribution in [3.8, 4) is 0 Å². The van der Waals surface area contributed by atoms with Gasteiger partial charge in [-0.3, -0.25) is 14.6 Å². The normalized spacial score (nSPS) is 21.1. The average Bonchev–Trinajstić information content (AvgIpc) is 3.32. The minimum atomic E-state index is -0.309. The SMILES string of the molecule is CCC(C(=O)NCCCCCCCNc1c2c(nc3cc(Cl)ccc13)C[C@H]1C=C(C)C[C@@H]2C1)N1CCCC1=O. The van der Waals surface area contributed by atoms with E-state index in [1.807, 2.05) is 19.1 Å². The van der Waals surface area contributed by atoms with Crippen LogP contribution >= 0.6 is 11.6 Å². The number of pyridine rings is 1. The number of likely N-dealkylation sites (tertiary alicyclic amines) is 1. The summed E-state index contributed by atoms with van der Waals surface area (Å²) in [5, 5.41) is 8.80. The number of hydrogen-bond acceptors (Lipinski definition) is 4. The van der Waals surface area contributed by atoms with E-state index in [2.05, 4.69) is 29.7 Å². The molecule has 2 amide bonds. The Morgan fingerprint density at radius 3 is 2.72 bits per heavy atom. The fraction of sp³-hybridized carbons (Fsp3) is 0.594. The van der Waals surface area contributed by atoms with Crippen LogP contribution in [0.2, 0.25) is 5.02 Å². The Labute approximate surface area is 238 Å². The maximum absolute atomic E-state index is 12.6. The van der Waals surface area contributed by atoms with Crippen molar-refractivity contribution < 1.29 is 9.59 Å². The average molecular weight is 551 g/mol. The fourth-order valence-electron chi connectivity index (χ4n) is 6.94. The van der Waals surface area contributed by atoms with E-state index in [1.165, 1.54) is 34.3 Å². The number of carbonyl (C=O) groups excluding carboxylic acids is 2. The molecule has 1 aromatic heterocycles. The van der Waals surface area contributed by atoms with Crippen molar-refractivity contribution in [2.24, 2.45) is 5.92 Å². The molecule has 5 rings (SSSR count). The zero-order valence-corrected chi connectivity index (χ0v) is 24.3.